The van der Waals surface area contributed by atoms with Crippen LogP contribution < -0.4 is 19.6 Å². The highest BCUT2D eigenvalue weighted by atomic mass is 19.4. The molecule has 1 unspecified atom stereocenters. The van der Waals surface area contributed by atoms with Crippen LogP contribution in [-0.2, 0) is 15.7 Å². The van der Waals surface area contributed by atoms with Gasteiger partial charge < -0.3 is 23.4 Å². The van der Waals surface area contributed by atoms with Crippen LogP contribution in [0.3, 0.4) is 0 Å². The highest BCUT2D eigenvalue weighted by Gasteiger charge is 2.39. The predicted molar refractivity (Wildman–Crippen MR) is 122 cm³/mol. The van der Waals surface area contributed by atoms with Gasteiger partial charge in [0.15, 0.2) is 17.6 Å². The first-order valence-corrected chi connectivity index (χ1v) is 10.7. The molecular formula is C25H25F3O7. The molecular weight excluding hydrogens is 469 g/mol. The van der Waals surface area contributed by atoms with Crippen LogP contribution in [0.15, 0.2) is 45.6 Å². The van der Waals surface area contributed by atoms with Gasteiger partial charge in [-0.05, 0) is 42.7 Å². The summed E-state index contributed by atoms with van der Waals surface area (Å²) < 4.78 is 67.9. The summed E-state index contributed by atoms with van der Waals surface area (Å²) in [6.45, 7) is 5.40. The molecule has 7 nitrogen and oxygen atoms in total. The van der Waals surface area contributed by atoms with Crippen molar-refractivity contribution in [2.45, 2.75) is 33.1 Å². The number of fused-ring (bicyclic) bond motifs is 1. The van der Waals surface area contributed by atoms with Crippen molar-refractivity contribution in [2.75, 3.05) is 20.8 Å². The average Bonchev–Trinajstić information content (AvgIpc) is 2.81. The molecule has 3 rings (SSSR count). The molecule has 0 aliphatic heterocycles. The average molecular weight is 494 g/mol. The van der Waals surface area contributed by atoms with E-state index in [2.05, 4.69) is 0 Å². The van der Waals surface area contributed by atoms with E-state index in [9.17, 15) is 22.8 Å². The monoisotopic (exact) mass is 494 g/mol. The molecule has 0 aliphatic carbocycles. The lowest BCUT2D eigenvalue weighted by Crippen LogP contribution is -2.27. The maximum Gasteiger partial charge on any atom is 0.450 e. The summed E-state index contributed by atoms with van der Waals surface area (Å²) in [5.41, 5.74) is -1.94. The minimum atomic E-state index is -4.97. The standard InChI is InChI=1S/C25H25F3O7/c1-13(2)12-33-24(30)14(3)34-16-7-8-17-19(11-16)35-23(25(26,27)28)21(22(17)29)15-6-9-18(31-4)20(10-15)32-5/h6-11,13-14H,12H2,1-5H3. The maximum absolute atomic E-state index is 14.0. The van der Waals surface area contributed by atoms with Gasteiger partial charge in [0.25, 0.3) is 0 Å². The van der Waals surface area contributed by atoms with Crippen molar-refractivity contribution < 1.29 is 41.3 Å². The van der Waals surface area contributed by atoms with Crippen molar-refractivity contribution in [1.29, 1.82) is 0 Å². The van der Waals surface area contributed by atoms with Crippen molar-refractivity contribution in [3.8, 4) is 28.4 Å². The highest BCUT2D eigenvalue weighted by Crippen LogP contribution is 2.40. The van der Waals surface area contributed by atoms with Crippen molar-refractivity contribution >= 4 is 16.9 Å². The summed E-state index contributed by atoms with van der Waals surface area (Å²) >= 11 is 0. The van der Waals surface area contributed by atoms with E-state index in [-0.39, 0.29) is 46.3 Å². The van der Waals surface area contributed by atoms with Crippen molar-refractivity contribution in [2.24, 2.45) is 5.92 Å². The van der Waals surface area contributed by atoms with Gasteiger partial charge >= 0.3 is 12.1 Å². The van der Waals surface area contributed by atoms with Crippen LogP contribution in [0.1, 0.15) is 26.5 Å². The molecule has 1 atom stereocenters. The Morgan fingerprint density at radius 1 is 1.00 bits per heavy atom. The van der Waals surface area contributed by atoms with Gasteiger partial charge in [-0.3, -0.25) is 4.79 Å². The number of esters is 1. The van der Waals surface area contributed by atoms with Gasteiger partial charge in [0.1, 0.15) is 11.3 Å². The second-order valence-corrected chi connectivity index (χ2v) is 8.14. The van der Waals surface area contributed by atoms with Crippen molar-refractivity contribution in [1.82, 2.24) is 0 Å². The Morgan fingerprint density at radius 3 is 2.29 bits per heavy atom. The summed E-state index contributed by atoms with van der Waals surface area (Å²) in [6, 6.07) is 7.78. The van der Waals surface area contributed by atoms with Crippen LogP contribution in [0, 0.1) is 5.92 Å². The summed E-state index contributed by atoms with van der Waals surface area (Å²) in [5, 5.41) is -0.0924. The number of rotatable bonds is 8. The number of benzene rings is 2. The Morgan fingerprint density at radius 2 is 1.69 bits per heavy atom. The predicted octanol–water partition coefficient (Wildman–Crippen LogP) is 5.46. The molecule has 0 aliphatic rings. The Labute approximate surface area is 199 Å². The van der Waals surface area contributed by atoms with E-state index in [4.69, 9.17) is 23.4 Å². The van der Waals surface area contributed by atoms with Crippen LogP contribution in [-0.4, -0.2) is 32.9 Å². The third-order valence-corrected chi connectivity index (χ3v) is 5.00. The number of alkyl halides is 3. The van der Waals surface area contributed by atoms with Gasteiger partial charge in [-0.15, -0.1) is 0 Å². The topological polar surface area (TPSA) is 84.2 Å². The fourth-order valence-electron chi connectivity index (χ4n) is 3.32. The van der Waals surface area contributed by atoms with E-state index in [0.717, 1.165) is 6.07 Å². The van der Waals surface area contributed by atoms with Gasteiger partial charge in [-0.2, -0.15) is 13.2 Å². The van der Waals surface area contributed by atoms with Crippen molar-refractivity contribution in [3.63, 3.8) is 0 Å². The number of ether oxygens (including phenoxy) is 4. The molecule has 1 heterocycles. The third kappa shape index (κ3) is 5.70. The first-order valence-electron chi connectivity index (χ1n) is 10.7. The Hall–Kier alpha value is -3.69. The number of halogens is 3. The zero-order valence-electron chi connectivity index (χ0n) is 19.8. The number of carbonyl (C=O) groups excluding carboxylic acids is 1. The first-order chi connectivity index (χ1) is 16.5. The Balaban J connectivity index is 2.08. The smallest absolute Gasteiger partial charge is 0.450 e. The number of methoxy groups -OCH3 is 2. The molecule has 2 aromatic carbocycles. The molecule has 0 amide bonds. The van der Waals surface area contributed by atoms with Crippen LogP contribution in [0.4, 0.5) is 13.2 Å². The van der Waals surface area contributed by atoms with E-state index in [1.165, 1.54) is 51.5 Å². The molecule has 0 saturated heterocycles. The fourth-order valence-corrected chi connectivity index (χ4v) is 3.32. The summed E-state index contributed by atoms with van der Waals surface area (Å²) in [4.78, 5) is 25.3. The van der Waals surface area contributed by atoms with Crippen LogP contribution in [0.25, 0.3) is 22.1 Å². The fraction of sp³-hybridized carbons (Fsp3) is 0.360. The second-order valence-electron chi connectivity index (χ2n) is 8.14. The van der Waals surface area contributed by atoms with Gasteiger partial charge in [-0.1, -0.05) is 19.9 Å². The maximum atomic E-state index is 14.0. The van der Waals surface area contributed by atoms with E-state index >= 15 is 0 Å². The summed E-state index contributed by atoms with van der Waals surface area (Å²) in [6.07, 6.45) is -5.99. The summed E-state index contributed by atoms with van der Waals surface area (Å²) in [7, 11) is 2.71. The molecule has 0 radical (unpaired) electrons. The van der Waals surface area contributed by atoms with E-state index < -0.39 is 35.0 Å². The van der Waals surface area contributed by atoms with Crippen LogP contribution in [0.5, 0.6) is 17.2 Å². The highest BCUT2D eigenvalue weighted by molar-refractivity contribution is 5.84. The molecule has 0 spiro atoms. The van der Waals surface area contributed by atoms with Gasteiger partial charge in [-0.25, -0.2) is 4.79 Å². The Kier molecular flexibility index (Phi) is 7.62. The number of hydrogen-bond acceptors (Lipinski definition) is 7. The largest absolute Gasteiger partial charge is 0.493 e. The Bertz CT molecular complexity index is 1280. The lowest BCUT2D eigenvalue weighted by molar-refractivity contribution is -0.152. The van der Waals surface area contributed by atoms with Crippen molar-refractivity contribution in [3.05, 3.63) is 52.4 Å². The number of carbonyl (C=O) groups is 1. The quantitative estimate of drug-likeness (QED) is 0.385. The molecule has 3 aromatic rings. The molecule has 0 N–H and O–H groups in total. The zero-order valence-corrected chi connectivity index (χ0v) is 19.8. The molecule has 1 aromatic heterocycles. The van der Waals surface area contributed by atoms with Gasteiger partial charge in [0.05, 0.1) is 31.8 Å². The first kappa shape index (κ1) is 25.9. The van der Waals surface area contributed by atoms with Crippen LogP contribution >= 0.6 is 0 Å². The third-order valence-electron chi connectivity index (χ3n) is 5.00. The number of hydrogen-bond donors (Lipinski definition) is 0. The molecule has 0 fully saturated rings. The van der Waals surface area contributed by atoms with E-state index in [1.807, 2.05) is 13.8 Å². The molecule has 10 heteroatoms. The lowest BCUT2D eigenvalue weighted by Gasteiger charge is -2.16. The minimum Gasteiger partial charge on any atom is -0.493 e. The minimum absolute atomic E-state index is 0.0432. The summed E-state index contributed by atoms with van der Waals surface area (Å²) in [5.74, 6) is -1.48. The molecule has 0 bridgehead atoms. The molecule has 188 valence electrons. The molecule has 35 heavy (non-hydrogen) atoms. The van der Waals surface area contributed by atoms with Crippen LogP contribution in [0.2, 0.25) is 0 Å². The van der Waals surface area contributed by atoms with Gasteiger partial charge in [0, 0.05) is 6.07 Å². The SMILES string of the molecule is COc1ccc(-c2c(C(F)(F)F)oc3cc(OC(C)C(=O)OCC(C)C)ccc3c2=O)cc1OC. The van der Waals surface area contributed by atoms with E-state index in [0.29, 0.717) is 0 Å². The lowest BCUT2D eigenvalue weighted by atomic mass is 10.0. The van der Waals surface area contributed by atoms with Gasteiger partial charge in [0.2, 0.25) is 11.2 Å². The van der Waals surface area contributed by atoms with E-state index in [1.54, 1.807) is 0 Å². The zero-order chi connectivity index (χ0) is 25.9. The second kappa shape index (κ2) is 10.3. The molecule has 0 saturated carbocycles. The normalized spacial score (nSPS) is 12.5.